The van der Waals surface area contributed by atoms with Crippen LogP contribution in [0.5, 0.6) is 0 Å². The predicted molar refractivity (Wildman–Crippen MR) is 56.3 cm³/mol. The van der Waals surface area contributed by atoms with Gasteiger partial charge in [0.05, 0.1) is 0 Å². The molecule has 1 aliphatic carbocycles. The molecule has 2 heteroatoms. The van der Waals surface area contributed by atoms with E-state index in [1.807, 2.05) is 19.2 Å². The summed E-state index contributed by atoms with van der Waals surface area (Å²) in [6.07, 6.45) is 2.52. The topological polar surface area (TPSA) is 12.0 Å². The number of benzene rings is 1. The molecular weight excluding hydrogens is 182 g/mol. The Morgan fingerprint density at radius 1 is 1.38 bits per heavy atom. The number of rotatable bonds is 3. The van der Waals surface area contributed by atoms with Crippen molar-refractivity contribution in [2.24, 2.45) is 0 Å². The van der Waals surface area contributed by atoms with E-state index >= 15 is 0 Å². The Labute approximate surface area is 84.1 Å². The third-order valence-corrected chi connectivity index (χ3v) is 3.14. The second-order valence-electron chi connectivity index (χ2n) is 3.79. The first-order chi connectivity index (χ1) is 6.28. The summed E-state index contributed by atoms with van der Waals surface area (Å²) in [4.78, 5) is 0. The summed E-state index contributed by atoms with van der Waals surface area (Å²) < 4.78 is 0. The summed E-state index contributed by atoms with van der Waals surface area (Å²) in [5.74, 6) is 0. The standard InChI is InChI=1S/C11H14ClN/c1-13-8-11(6-7-11)9-4-2-3-5-10(9)12/h2-5,13H,6-8H2,1H3. The van der Waals surface area contributed by atoms with Crippen LogP contribution in [-0.4, -0.2) is 13.6 Å². The van der Waals surface area contributed by atoms with Gasteiger partial charge in [0.1, 0.15) is 0 Å². The molecule has 0 bridgehead atoms. The average Bonchev–Trinajstić information content (AvgIpc) is 2.87. The fourth-order valence-corrected chi connectivity index (χ4v) is 2.26. The van der Waals surface area contributed by atoms with Crippen molar-refractivity contribution >= 4 is 11.6 Å². The molecule has 1 aliphatic rings. The lowest BCUT2D eigenvalue weighted by atomic mass is 9.96. The van der Waals surface area contributed by atoms with Crippen molar-refractivity contribution in [3.05, 3.63) is 34.9 Å². The Bertz CT molecular complexity index is 305. The van der Waals surface area contributed by atoms with Gasteiger partial charge >= 0.3 is 0 Å². The molecule has 2 rings (SSSR count). The van der Waals surface area contributed by atoms with E-state index in [9.17, 15) is 0 Å². The summed E-state index contributed by atoms with van der Waals surface area (Å²) >= 11 is 6.16. The molecule has 0 amide bonds. The molecule has 0 heterocycles. The van der Waals surface area contributed by atoms with Gasteiger partial charge < -0.3 is 5.32 Å². The van der Waals surface area contributed by atoms with Crippen molar-refractivity contribution in [1.29, 1.82) is 0 Å². The summed E-state index contributed by atoms with van der Waals surface area (Å²) in [6, 6.07) is 8.18. The lowest BCUT2D eigenvalue weighted by Crippen LogP contribution is -2.23. The molecule has 1 aromatic rings. The number of hydrogen-bond donors (Lipinski definition) is 1. The van der Waals surface area contributed by atoms with Crippen LogP contribution in [0.2, 0.25) is 5.02 Å². The van der Waals surface area contributed by atoms with Gasteiger partial charge in [0.2, 0.25) is 0 Å². The molecule has 1 N–H and O–H groups in total. The van der Waals surface area contributed by atoms with Crippen molar-refractivity contribution in [2.75, 3.05) is 13.6 Å². The quantitative estimate of drug-likeness (QED) is 0.782. The maximum Gasteiger partial charge on any atom is 0.0444 e. The minimum atomic E-state index is 0.340. The first kappa shape index (κ1) is 9.04. The summed E-state index contributed by atoms with van der Waals surface area (Å²) in [6.45, 7) is 1.04. The van der Waals surface area contributed by atoms with Gasteiger partial charge in [0.15, 0.2) is 0 Å². The van der Waals surface area contributed by atoms with Gasteiger partial charge in [0, 0.05) is 17.0 Å². The van der Waals surface area contributed by atoms with Crippen molar-refractivity contribution < 1.29 is 0 Å². The number of hydrogen-bond acceptors (Lipinski definition) is 1. The molecule has 0 aromatic heterocycles. The monoisotopic (exact) mass is 195 g/mol. The van der Waals surface area contributed by atoms with Crippen LogP contribution in [0.4, 0.5) is 0 Å². The maximum absolute atomic E-state index is 6.16. The fraction of sp³-hybridized carbons (Fsp3) is 0.455. The molecule has 1 fully saturated rings. The van der Waals surface area contributed by atoms with E-state index in [0.717, 1.165) is 11.6 Å². The van der Waals surface area contributed by atoms with Gasteiger partial charge in [-0.25, -0.2) is 0 Å². The van der Waals surface area contributed by atoms with Crippen molar-refractivity contribution in [2.45, 2.75) is 18.3 Å². The van der Waals surface area contributed by atoms with E-state index in [-0.39, 0.29) is 0 Å². The van der Waals surface area contributed by atoms with E-state index in [2.05, 4.69) is 17.4 Å². The molecule has 13 heavy (non-hydrogen) atoms. The highest BCUT2D eigenvalue weighted by Crippen LogP contribution is 2.49. The van der Waals surface area contributed by atoms with Crippen LogP contribution in [0, 0.1) is 0 Å². The molecule has 1 nitrogen and oxygen atoms in total. The van der Waals surface area contributed by atoms with Gasteiger partial charge in [-0.3, -0.25) is 0 Å². The first-order valence-electron chi connectivity index (χ1n) is 4.68. The van der Waals surface area contributed by atoms with Crippen molar-refractivity contribution in [1.82, 2.24) is 5.32 Å². The molecule has 0 unspecified atom stereocenters. The minimum absolute atomic E-state index is 0.340. The maximum atomic E-state index is 6.16. The highest BCUT2D eigenvalue weighted by Gasteiger charge is 2.44. The van der Waals surface area contributed by atoms with Crippen molar-refractivity contribution in [3.63, 3.8) is 0 Å². The van der Waals surface area contributed by atoms with Crippen LogP contribution < -0.4 is 5.32 Å². The molecule has 0 atom stereocenters. The Morgan fingerprint density at radius 3 is 2.62 bits per heavy atom. The summed E-state index contributed by atoms with van der Waals surface area (Å²) in [7, 11) is 2.00. The molecule has 0 aliphatic heterocycles. The highest BCUT2D eigenvalue weighted by atomic mass is 35.5. The number of halogens is 1. The van der Waals surface area contributed by atoms with Crippen molar-refractivity contribution in [3.8, 4) is 0 Å². The van der Waals surface area contributed by atoms with Crippen LogP contribution in [0.3, 0.4) is 0 Å². The van der Waals surface area contributed by atoms with Crippen LogP contribution in [-0.2, 0) is 5.41 Å². The Kier molecular flexibility index (Phi) is 2.31. The number of likely N-dealkylation sites (N-methyl/N-ethyl adjacent to an activating group) is 1. The zero-order valence-corrected chi connectivity index (χ0v) is 8.56. The Hall–Kier alpha value is -0.530. The van der Waals surface area contributed by atoms with E-state index < -0.39 is 0 Å². The molecule has 0 spiro atoms. The molecular formula is C11H14ClN. The van der Waals surface area contributed by atoms with Gasteiger partial charge in [0.25, 0.3) is 0 Å². The third-order valence-electron chi connectivity index (χ3n) is 2.81. The lowest BCUT2D eigenvalue weighted by Gasteiger charge is -2.16. The van der Waals surface area contributed by atoms with Crippen LogP contribution in [0.25, 0.3) is 0 Å². The minimum Gasteiger partial charge on any atom is -0.319 e. The molecule has 1 aromatic carbocycles. The van der Waals surface area contributed by atoms with Crippen LogP contribution in [0.15, 0.2) is 24.3 Å². The molecule has 70 valence electrons. The van der Waals surface area contributed by atoms with E-state index in [1.165, 1.54) is 18.4 Å². The third kappa shape index (κ3) is 1.59. The van der Waals surface area contributed by atoms with Gasteiger partial charge in [-0.15, -0.1) is 0 Å². The average molecular weight is 196 g/mol. The van der Waals surface area contributed by atoms with Gasteiger partial charge in [-0.2, -0.15) is 0 Å². The van der Waals surface area contributed by atoms with Crippen LogP contribution in [0.1, 0.15) is 18.4 Å². The summed E-state index contributed by atoms with van der Waals surface area (Å²) in [5.41, 5.74) is 1.65. The molecule has 0 saturated heterocycles. The van der Waals surface area contributed by atoms with Gasteiger partial charge in [-0.05, 0) is 31.5 Å². The first-order valence-corrected chi connectivity index (χ1v) is 5.06. The highest BCUT2D eigenvalue weighted by molar-refractivity contribution is 6.31. The van der Waals surface area contributed by atoms with E-state index in [1.54, 1.807) is 0 Å². The number of nitrogens with one attached hydrogen (secondary N) is 1. The zero-order chi connectivity index (χ0) is 9.31. The fourth-order valence-electron chi connectivity index (χ4n) is 1.92. The van der Waals surface area contributed by atoms with E-state index in [4.69, 9.17) is 11.6 Å². The van der Waals surface area contributed by atoms with Crippen LogP contribution >= 0.6 is 11.6 Å². The smallest absolute Gasteiger partial charge is 0.0444 e. The lowest BCUT2D eigenvalue weighted by molar-refractivity contribution is 0.624. The normalized spacial score (nSPS) is 18.6. The summed E-state index contributed by atoms with van der Waals surface area (Å²) in [5, 5.41) is 4.15. The SMILES string of the molecule is CNCC1(c2ccccc2Cl)CC1. The molecule has 1 saturated carbocycles. The Morgan fingerprint density at radius 2 is 2.08 bits per heavy atom. The van der Waals surface area contributed by atoms with Gasteiger partial charge in [-0.1, -0.05) is 29.8 Å². The second kappa shape index (κ2) is 3.32. The molecule has 0 radical (unpaired) electrons. The predicted octanol–water partition coefficient (Wildman–Crippen LogP) is 2.59. The Balaban J connectivity index is 2.30. The zero-order valence-electron chi connectivity index (χ0n) is 7.81. The van der Waals surface area contributed by atoms with E-state index in [0.29, 0.717) is 5.41 Å². The largest absolute Gasteiger partial charge is 0.319 e. The second-order valence-corrected chi connectivity index (χ2v) is 4.20.